The molecule has 0 fully saturated rings. The van der Waals surface area contributed by atoms with E-state index in [1.165, 1.54) is 0 Å². The molecule has 0 saturated carbocycles. The zero-order chi connectivity index (χ0) is 8.27. The van der Waals surface area contributed by atoms with Gasteiger partial charge in [0, 0.05) is 12.4 Å². The first-order valence-corrected chi connectivity index (χ1v) is 2.98. The molecule has 0 aromatic heterocycles. The van der Waals surface area contributed by atoms with Crippen LogP contribution >= 0.6 is 0 Å². The van der Waals surface area contributed by atoms with Crippen molar-refractivity contribution in [3.63, 3.8) is 0 Å². The van der Waals surface area contributed by atoms with Crippen LogP contribution in [0.4, 0.5) is 0 Å². The zero-order valence-corrected chi connectivity index (χ0v) is 6.06. The molecule has 11 heavy (non-hydrogen) atoms. The summed E-state index contributed by atoms with van der Waals surface area (Å²) >= 11 is 0. The van der Waals surface area contributed by atoms with E-state index in [1.807, 2.05) is 0 Å². The molecule has 1 heterocycles. The van der Waals surface area contributed by atoms with Crippen LogP contribution in [0, 0.1) is 0 Å². The molecular weight excluding hydrogens is 152 g/mol. The quantitative estimate of drug-likeness (QED) is 0.420. The molecule has 0 radical (unpaired) electrons. The maximum absolute atomic E-state index is 8.35. The number of hydrazine groups is 1. The zero-order valence-electron chi connectivity index (χ0n) is 6.06. The molecule has 1 aliphatic rings. The molecule has 0 aromatic rings. The normalized spacial score (nSPS) is 18.5. The number of rotatable bonds is 1. The van der Waals surface area contributed by atoms with Gasteiger partial charge in [-0.1, -0.05) is 0 Å². The highest BCUT2D eigenvalue weighted by Crippen LogP contribution is 1.94. The summed E-state index contributed by atoms with van der Waals surface area (Å²) in [5, 5.41) is 16.6. The minimum Gasteiger partial charge on any atom is -0.339 e. The average Bonchev–Trinajstić information content (AvgIpc) is 1.93. The van der Waals surface area contributed by atoms with Gasteiger partial charge in [-0.3, -0.25) is 10.4 Å². The number of nitrogens with one attached hydrogen (secondary N) is 1. The largest absolute Gasteiger partial charge is 0.339 e. The highest BCUT2D eigenvalue weighted by atomic mass is 16.8. The Kier molecular flexibility index (Phi) is 2.60. The summed E-state index contributed by atoms with van der Waals surface area (Å²) < 4.78 is 4.91. The van der Waals surface area contributed by atoms with Crippen molar-refractivity contribution in [1.82, 2.24) is 15.7 Å². The topological polar surface area (TPSA) is 80.6 Å². The lowest BCUT2D eigenvalue weighted by Gasteiger charge is -2.25. The number of hydrogen-bond acceptors (Lipinski definition) is 7. The first-order chi connectivity index (χ1) is 5.20. The predicted octanol–water partition coefficient (Wildman–Crippen LogP) is -1.20. The molecule has 0 aromatic carbocycles. The number of aliphatic imine (C=N–C) groups is 1. The fourth-order valence-corrected chi connectivity index (χ4v) is 0.677. The molecule has 3 N–H and O–H groups in total. The van der Waals surface area contributed by atoms with Crippen molar-refractivity contribution in [1.29, 1.82) is 0 Å². The lowest BCUT2D eigenvalue weighted by Crippen LogP contribution is -2.48. The van der Waals surface area contributed by atoms with E-state index in [0.717, 1.165) is 0 Å². The third-order valence-corrected chi connectivity index (χ3v) is 1.15. The van der Waals surface area contributed by atoms with Crippen LogP contribution in [-0.4, -0.2) is 47.1 Å². The van der Waals surface area contributed by atoms with Gasteiger partial charge < -0.3 is 9.64 Å². The van der Waals surface area contributed by atoms with Crippen molar-refractivity contribution in [2.45, 2.75) is 0 Å². The molecule has 0 spiro atoms. The summed E-state index contributed by atoms with van der Waals surface area (Å²) in [6.07, 6.45) is 0. The Morgan fingerprint density at radius 3 is 3.00 bits per heavy atom. The summed E-state index contributed by atoms with van der Waals surface area (Å²) in [4.78, 5) is 5.38. The lowest BCUT2D eigenvalue weighted by atomic mass is 10.7. The maximum atomic E-state index is 8.35. The maximum Gasteiger partial charge on any atom is 0.216 e. The SMILES string of the molecule is CN1COCN=C1NN(O)O. The molecule has 0 unspecified atom stereocenters. The molecule has 0 amide bonds. The smallest absolute Gasteiger partial charge is 0.216 e. The van der Waals surface area contributed by atoms with E-state index in [4.69, 9.17) is 15.2 Å². The predicted molar refractivity (Wildman–Crippen MR) is 34.6 cm³/mol. The van der Waals surface area contributed by atoms with Crippen molar-refractivity contribution in [2.24, 2.45) is 4.99 Å². The summed E-state index contributed by atoms with van der Waals surface area (Å²) in [6, 6.07) is 0. The van der Waals surface area contributed by atoms with Gasteiger partial charge in [-0.25, -0.2) is 10.4 Å². The Bertz CT molecular complexity index is 159. The molecule has 7 nitrogen and oxygen atoms in total. The van der Waals surface area contributed by atoms with E-state index < -0.39 is 0 Å². The van der Waals surface area contributed by atoms with Crippen molar-refractivity contribution in [3.8, 4) is 0 Å². The highest BCUT2D eigenvalue weighted by Gasteiger charge is 2.11. The van der Waals surface area contributed by atoms with Gasteiger partial charge in [-0.2, -0.15) is 0 Å². The van der Waals surface area contributed by atoms with E-state index in [1.54, 1.807) is 11.9 Å². The molecule has 0 saturated heterocycles. The summed E-state index contributed by atoms with van der Waals surface area (Å²) in [5.41, 5.74) is 2.17. The van der Waals surface area contributed by atoms with Crippen molar-refractivity contribution in [3.05, 3.63) is 0 Å². The molecule has 1 aliphatic heterocycles. The minimum absolute atomic E-state index is 0.152. The van der Waals surface area contributed by atoms with Gasteiger partial charge in [0.1, 0.15) is 13.5 Å². The molecule has 0 bridgehead atoms. The Morgan fingerprint density at radius 2 is 2.45 bits per heavy atom. The Labute approximate surface area is 63.4 Å². The number of hydrogen-bond donors (Lipinski definition) is 3. The van der Waals surface area contributed by atoms with Crippen molar-refractivity contribution >= 4 is 5.96 Å². The summed E-state index contributed by atoms with van der Waals surface area (Å²) in [6.45, 7) is 0.597. The summed E-state index contributed by atoms with van der Waals surface area (Å²) in [5.74, 6) is 0.348. The second kappa shape index (κ2) is 3.49. The highest BCUT2D eigenvalue weighted by molar-refractivity contribution is 5.79. The third-order valence-electron chi connectivity index (χ3n) is 1.15. The Morgan fingerprint density at radius 1 is 1.73 bits per heavy atom. The minimum atomic E-state index is -0.152. The van der Waals surface area contributed by atoms with Crippen LogP contribution in [0.1, 0.15) is 0 Å². The van der Waals surface area contributed by atoms with Crippen LogP contribution in [-0.2, 0) is 4.74 Å². The number of guanidine groups is 1. The average molecular weight is 162 g/mol. The van der Waals surface area contributed by atoms with Crippen LogP contribution in [0.15, 0.2) is 4.99 Å². The van der Waals surface area contributed by atoms with Gasteiger partial charge in [0.2, 0.25) is 5.96 Å². The molecule has 64 valence electrons. The van der Waals surface area contributed by atoms with E-state index >= 15 is 0 Å². The molecular formula is C4H10N4O3. The van der Waals surface area contributed by atoms with Gasteiger partial charge in [-0.05, 0) is 0 Å². The van der Waals surface area contributed by atoms with Crippen LogP contribution in [0.5, 0.6) is 0 Å². The van der Waals surface area contributed by atoms with Crippen LogP contribution < -0.4 is 5.43 Å². The van der Waals surface area contributed by atoms with E-state index in [-0.39, 0.29) is 12.1 Å². The first kappa shape index (κ1) is 8.21. The number of nitrogens with zero attached hydrogens (tertiary/aromatic N) is 3. The van der Waals surface area contributed by atoms with Crippen LogP contribution in [0.25, 0.3) is 0 Å². The molecule has 0 atom stereocenters. The van der Waals surface area contributed by atoms with Crippen LogP contribution in [0.3, 0.4) is 0 Å². The van der Waals surface area contributed by atoms with Gasteiger partial charge in [0.25, 0.3) is 0 Å². The van der Waals surface area contributed by atoms with Crippen LogP contribution in [0.2, 0.25) is 0 Å². The first-order valence-electron chi connectivity index (χ1n) is 2.98. The fraction of sp³-hybridized carbons (Fsp3) is 0.750. The second-order valence-corrected chi connectivity index (χ2v) is 2.04. The van der Waals surface area contributed by atoms with E-state index in [2.05, 4.69) is 10.4 Å². The monoisotopic (exact) mass is 162 g/mol. The van der Waals surface area contributed by atoms with Gasteiger partial charge in [0.05, 0.1) is 0 Å². The second-order valence-electron chi connectivity index (χ2n) is 2.04. The molecule has 0 aliphatic carbocycles. The number of ether oxygens (including phenoxy) is 1. The lowest BCUT2D eigenvalue weighted by molar-refractivity contribution is -0.331. The van der Waals surface area contributed by atoms with Gasteiger partial charge in [-0.15, -0.1) is 0 Å². The summed E-state index contributed by atoms with van der Waals surface area (Å²) in [7, 11) is 1.70. The van der Waals surface area contributed by atoms with Gasteiger partial charge in [0.15, 0.2) is 0 Å². The molecule has 7 heteroatoms. The Hall–Kier alpha value is -0.890. The van der Waals surface area contributed by atoms with Gasteiger partial charge >= 0.3 is 0 Å². The van der Waals surface area contributed by atoms with E-state index in [0.29, 0.717) is 12.7 Å². The third kappa shape index (κ3) is 2.31. The Balaban J connectivity index is 2.47. The van der Waals surface area contributed by atoms with Crippen molar-refractivity contribution in [2.75, 3.05) is 20.5 Å². The van der Waals surface area contributed by atoms with E-state index in [9.17, 15) is 0 Å². The van der Waals surface area contributed by atoms with Crippen molar-refractivity contribution < 1.29 is 15.2 Å². The fourth-order valence-electron chi connectivity index (χ4n) is 0.677. The standard InChI is InChI=1S/C4H10N4O3/c1-7-3-11-2-5-4(7)6-8(9)10/h9-10H,2-3H2,1H3,(H,5,6). The molecule has 1 rings (SSSR count).